The van der Waals surface area contributed by atoms with Crippen molar-refractivity contribution >= 4 is 66.3 Å². The largest absolute Gasteiger partial charge is 0.331 e. The molecule has 4 N–H and O–H groups in total. The van der Waals surface area contributed by atoms with E-state index in [1.807, 2.05) is 48.5 Å². The molecule has 3 aromatic carbocycles. The molecule has 1 aliphatic rings. The zero-order chi connectivity index (χ0) is 23.6. The smallest absolute Gasteiger partial charge is 0.279 e. The van der Waals surface area contributed by atoms with Gasteiger partial charge in [0.25, 0.3) is 5.91 Å². The van der Waals surface area contributed by atoms with Crippen LogP contribution in [0.4, 0.5) is 11.4 Å². The molecule has 0 bridgehead atoms. The van der Waals surface area contributed by atoms with Crippen LogP contribution in [0.1, 0.15) is 11.1 Å². The molecule has 0 fully saturated rings. The van der Waals surface area contributed by atoms with Gasteiger partial charge in [-0.15, -0.1) is 0 Å². The van der Waals surface area contributed by atoms with E-state index in [0.717, 1.165) is 15.7 Å². The standard InChI is InChI=1S/C22H18BrN5O3S2/c23-18-8-4-7-17-19(21(29)28(20(17)18)13-14-5-2-1-3-6-14)26-27-22(32)25-15-9-11-16(12-10-15)33(24,30)31/h1-12H,13H2,(H2,24,30,31)(H2,25,27,32). The molecule has 1 heterocycles. The predicted molar refractivity (Wildman–Crippen MR) is 135 cm³/mol. The van der Waals surface area contributed by atoms with Crippen molar-refractivity contribution in [1.82, 2.24) is 5.43 Å². The fourth-order valence-corrected chi connectivity index (χ4v) is 4.60. The molecule has 8 nitrogen and oxygen atoms in total. The Hall–Kier alpha value is -3.12. The molecule has 33 heavy (non-hydrogen) atoms. The Kier molecular flexibility index (Phi) is 6.56. The monoisotopic (exact) mass is 543 g/mol. The Balaban J connectivity index is 1.53. The molecular weight excluding hydrogens is 526 g/mol. The number of anilines is 2. The number of carbonyl (C=O) groups is 1. The van der Waals surface area contributed by atoms with E-state index in [2.05, 4.69) is 31.8 Å². The molecule has 0 atom stereocenters. The Morgan fingerprint density at radius 3 is 2.39 bits per heavy atom. The fourth-order valence-electron chi connectivity index (χ4n) is 3.34. The Morgan fingerprint density at radius 2 is 1.73 bits per heavy atom. The minimum atomic E-state index is -3.78. The van der Waals surface area contributed by atoms with E-state index >= 15 is 0 Å². The molecule has 0 saturated carbocycles. The number of nitrogens with zero attached hydrogens (tertiary/aromatic N) is 2. The predicted octanol–water partition coefficient (Wildman–Crippen LogP) is 3.33. The summed E-state index contributed by atoms with van der Waals surface area (Å²) < 4.78 is 23.5. The van der Waals surface area contributed by atoms with Crippen molar-refractivity contribution < 1.29 is 13.2 Å². The van der Waals surface area contributed by atoms with Gasteiger partial charge in [-0.1, -0.05) is 42.5 Å². The summed E-state index contributed by atoms with van der Waals surface area (Å²) in [6.45, 7) is 0.396. The second-order valence-electron chi connectivity index (χ2n) is 7.11. The third-order valence-corrected chi connectivity index (χ3v) is 6.62. The summed E-state index contributed by atoms with van der Waals surface area (Å²) in [7, 11) is -3.78. The summed E-state index contributed by atoms with van der Waals surface area (Å²) in [5.74, 6) is -0.256. The molecule has 11 heteroatoms. The number of primary sulfonamides is 1. The maximum atomic E-state index is 13.2. The van der Waals surface area contributed by atoms with E-state index in [0.29, 0.717) is 17.8 Å². The number of amides is 1. The lowest BCUT2D eigenvalue weighted by Crippen LogP contribution is -2.32. The van der Waals surface area contributed by atoms with E-state index in [-0.39, 0.29) is 21.6 Å². The number of nitrogens with two attached hydrogens (primary N) is 1. The van der Waals surface area contributed by atoms with Gasteiger partial charge in [0.1, 0.15) is 0 Å². The number of hydrazone groups is 1. The third kappa shape index (κ3) is 5.11. The minimum Gasteiger partial charge on any atom is -0.331 e. The Morgan fingerprint density at radius 1 is 1.03 bits per heavy atom. The topological polar surface area (TPSA) is 117 Å². The van der Waals surface area contributed by atoms with Gasteiger partial charge < -0.3 is 10.2 Å². The zero-order valence-electron chi connectivity index (χ0n) is 17.0. The van der Waals surface area contributed by atoms with Gasteiger partial charge in [0, 0.05) is 15.7 Å². The van der Waals surface area contributed by atoms with Gasteiger partial charge in [-0.3, -0.25) is 10.2 Å². The molecule has 0 unspecified atom stereocenters. The first-order chi connectivity index (χ1) is 15.7. The van der Waals surface area contributed by atoms with Gasteiger partial charge in [-0.05, 0) is 64.0 Å². The molecule has 0 radical (unpaired) electrons. The highest BCUT2D eigenvalue weighted by Gasteiger charge is 2.35. The first kappa shape index (κ1) is 23.1. The van der Waals surface area contributed by atoms with Crippen LogP contribution < -0.4 is 20.8 Å². The number of hydrogen-bond acceptors (Lipinski definition) is 5. The van der Waals surface area contributed by atoms with Crippen LogP contribution in [-0.2, 0) is 21.4 Å². The molecule has 0 spiro atoms. The lowest BCUT2D eigenvalue weighted by molar-refractivity contribution is -0.112. The van der Waals surface area contributed by atoms with Crippen molar-refractivity contribution in [3.8, 4) is 0 Å². The van der Waals surface area contributed by atoms with Crippen LogP contribution in [0.3, 0.4) is 0 Å². The van der Waals surface area contributed by atoms with Gasteiger partial charge in [0.2, 0.25) is 10.0 Å². The molecule has 0 aromatic heterocycles. The molecular formula is C22H18BrN5O3S2. The molecule has 0 aliphatic carbocycles. The van der Waals surface area contributed by atoms with Crippen LogP contribution in [0.25, 0.3) is 0 Å². The number of rotatable bonds is 5. The van der Waals surface area contributed by atoms with Crippen molar-refractivity contribution in [3.05, 3.63) is 88.4 Å². The molecule has 0 saturated heterocycles. The Bertz CT molecular complexity index is 1360. The van der Waals surface area contributed by atoms with E-state index in [1.165, 1.54) is 24.3 Å². The lowest BCUT2D eigenvalue weighted by Gasteiger charge is -2.18. The summed E-state index contributed by atoms with van der Waals surface area (Å²) in [4.78, 5) is 14.9. The van der Waals surface area contributed by atoms with Crippen LogP contribution in [0.5, 0.6) is 0 Å². The summed E-state index contributed by atoms with van der Waals surface area (Å²) in [5, 5.41) is 12.4. The second-order valence-corrected chi connectivity index (χ2v) is 9.93. The van der Waals surface area contributed by atoms with Crippen LogP contribution >= 0.6 is 28.1 Å². The van der Waals surface area contributed by atoms with Crippen LogP contribution in [0, 0.1) is 0 Å². The summed E-state index contributed by atoms with van der Waals surface area (Å²) in [6.07, 6.45) is 0. The van der Waals surface area contributed by atoms with E-state index in [9.17, 15) is 13.2 Å². The van der Waals surface area contributed by atoms with Gasteiger partial charge in [-0.25, -0.2) is 13.6 Å². The summed E-state index contributed by atoms with van der Waals surface area (Å²) in [5.41, 5.74) is 5.87. The van der Waals surface area contributed by atoms with Gasteiger partial charge >= 0.3 is 0 Å². The van der Waals surface area contributed by atoms with Crippen LogP contribution in [0.2, 0.25) is 0 Å². The lowest BCUT2D eigenvalue weighted by atomic mass is 10.1. The fraction of sp³-hybridized carbons (Fsp3) is 0.0455. The number of benzene rings is 3. The van der Waals surface area contributed by atoms with E-state index in [4.69, 9.17) is 17.4 Å². The van der Waals surface area contributed by atoms with Gasteiger partial charge in [0.05, 0.1) is 17.1 Å². The number of halogens is 1. The van der Waals surface area contributed by atoms with Crippen LogP contribution in [-0.4, -0.2) is 25.1 Å². The maximum Gasteiger partial charge on any atom is 0.279 e. The van der Waals surface area contributed by atoms with Crippen molar-refractivity contribution in [2.75, 3.05) is 10.2 Å². The normalized spacial score (nSPS) is 14.3. The SMILES string of the molecule is NS(=O)(=O)c1ccc(NC(=S)NN=C2C(=O)N(Cc3ccccc3)c3c(Br)cccc32)cc1. The number of nitrogens with one attached hydrogen (secondary N) is 2. The van der Waals surface area contributed by atoms with Crippen LogP contribution in [0.15, 0.2) is 87.3 Å². The number of hydrogen-bond donors (Lipinski definition) is 3. The van der Waals surface area contributed by atoms with Crippen molar-refractivity contribution in [3.63, 3.8) is 0 Å². The number of thiocarbonyl (C=S) groups is 1. The van der Waals surface area contributed by atoms with E-state index in [1.54, 1.807) is 4.90 Å². The highest BCUT2D eigenvalue weighted by atomic mass is 79.9. The van der Waals surface area contributed by atoms with Crippen molar-refractivity contribution in [2.24, 2.45) is 10.2 Å². The average Bonchev–Trinajstić information content (AvgIpc) is 3.05. The summed E-state index contributed by atoms with van der Waals surface area (Å²) >= 11 is 8.81. The summed E-state index contributed by atoms with van der Waals surface area (Å²) in [6, 6.07) is 21.0. The van der Waals surface area contributed by atoms with Crippen molar-refractivity contribution in [1.29, 1.82) is 0 Å². The van der Waals surface area contributed by atoms with E-state index < -0.39 is 10.0 Å². The number of sulfonamides is 1. The average molecular weight is 544 g/mol. The first-order valence-corrected chi connectivity index (χ1v) is 12.4. The molecule has 1 amide bonds. The maximum absolute atomic E-state index is 13.2. The number of carbonyl (C=O) groups excluding carboxylic acids is 1. The zero-order valence-corrected chi connectivity index (χ0v) is 20.2. The number of para-hydroxylation sites is 1. The quantitative estimate of drug-likeness (QED) is 0.335. The number of fused-ring (bicyclic) bond motifs is 1. The first-order valence-electron chi connectivity index (χ1n) is 9.66. The highest BCUT2D eigenvalue weighted by Crippen LogP contribution is 2.37. The third-order valence-electron chi connectivity index (χ3n) is 4.85. The Labute approximate surface area is 204 Å². The van der Waals surface area contributed by atoms with Gasteiger partial charge in [0.15, 0.2) is 10.8 Å². The minimum absolute atomic E-state index is 0.00980. The molecule has 1 aliphatic heterocycles. The highest BCUT2D eigenvalue weighted by molar-refractivity contribution is 9.10. The molecule has 3 aromatic rings. The van der Waals surface area contributed by atoms with Gasteiger partial charge in [-0.2, -0.15) is 5.10 Å². The second kappa shape index (κ2) is 9.40. The molecule has 4 rings (SSSR count). The van der Waals surface area contributed by atoms with Crippen molar-refractivity contribution in [2.45, 2.75) is 11.4 Å². The molecule has 168 valence electrons.